The molecule has 0 spiro atoms. The molecule has 0 aromatic carbocycles. The summed E-state index contributed by atoms with van der Waals surface area (Å²) in [6, 6.07) is 5.24. The molecular formula is C22H23F3N6O3. The van der Waals surface area contributed by atoms with Crippen LogP contribution in [-0.2, 0) is 23.9 Å². The summed E-state index contributed by atoms with van der Waals surface area (Å²) in [7, 11) is 1.77. The van der Waals surface area contributed by atoms with E-state index in [1.807, 2.05) is 4.40 Å². The van der Waals surface area contributed by atoms with Crippen LogP contribution in [0.4, 0.5) is 13.2 Å². The Hall–Kier alpha value is -3.67. The van der Waals surface area contributed by atoms with Crippen LogP contribution >= 0.6 is 0 Å². The fourth-order valence-electron chi connectivity index (χ4n) is 3.80. The number of nitrogens with zero attached hydrogens (tertiary/aromatic N) is 6. The maximum Gasteiger partial charge on any atom is 0.423 e. The van der Waals surface area contributed by atoms with Crippen molar-refractivity contribution < 1.29 is 27.8 Å². The Morgan fingerprint density at radius 3 is 2.59 bits per heavy atom. The number of hydrogen-bond acceptors (Lipinski definition) is 6. The molecule has 4 aromatic rings. The van der Waals surface area contributed by atoms with Gasteiger partial charge in [-0.3, -0.25) is 4.68 Å². The lowest BCUT2D eigenvalue weighted by Crippen LogP contribution is -2.42. The molecule has 0 bridgehead atoms. The van der Waals surface area contributed by atoms with Gasteiger partial charge in [-0.15, -0.1) is 5.10 Å². The Morgan fingerprint density at radius 2 is 1.97 bits per heavy atom. The van der Waals surface area contributed by atoms with E-state index >= 15 is 0 Å². The van der Waals surface area contributed by atoms with Crippen molar-refractivity contribution >= 4 is 11.5 Å². The van der Waals surface area contributed by atoms with E-state index in [1.54, 1.807) is 55.4 Å². The molecule has 0 aliphatic heterocycles. The summed E-state index contributed by atoms with van der Waals surface area (Å²) in [6.07, 6.45) is 0.810. The number of aryl methyl sites for hydroxylation is 1. The van der Waals surface area contributed by atoms with Gasteiger partial charge in [0.2, 0.25) is 5.60 Å². The molecule has 4 heterocycles. The van der Waals surface area contributed by atoms with Gasteiger partial charge in [0.05, 0.1) is 36.8 Å². The summed E-state index contributed by atoms with van der Waals surface area (Å²) in [5.74, 6) is -0.474. The van der Waals surface area contributed by atoms with Crippen molar-refractivity contribution in [3.05, 3.63) is 59.8 Å². The number of hydrogen-bond donors (Lipinski definition) is 1. The first-order valence-corrected chi connectivity index (χ1v) is 10.6. The van der Waals surface area contributed by atoms with E-state index < -0.39 is 29.9 Å². The number of aromatic nitrogens is 6. The Bertz CT molecular complexity index is 1340. The van der Waals surface area contributed by atoms with Crippen LogP contribution in [0.3, 0.4) is 0 Å². The number of ether oxygens (including phenoxy) is 1. The number of carbonyl (C=O) groups excluding carboxylic acids is 1. The number of esters is 1. The summed E-state index contributed by atoms with van der Waals surface area (Å²) in [5, 5.41) is 21.6. The molecule has 9 nitrogen and oxygen atoms in total. The van der Waals surface area contributed by atoms with Gasteiger partial charge in [0.25, 0.3) is 0 Å². The minimum Gasteiger partial charge on any atom is -0.462 e. The minimum atomic E-state index is -4.88. The maximum atomic E-state index is 13.3. The number of aliphatic hydroxyl groups is 1. The fraction of sp³-hybridized carbons (Fsp3) is 0.364. The molecule has 180 valence electrons. The molecule has 1 atom stereocenters. The van der Waals surface area contributed by atoms with Crippen LogP contribution in [0.15, 0.2) is 43.0 Å². The monoisotopic (exact) mass is 476 g/mol. The summed E-state index contributed by atoms with van der Waals surface area (Å²) in [6.45, 7) is 3.29. The minimum absolute atomic E-state index is 0.114. The quantitative estimate of drug-likeness (QED) is 0.411. The van der Waals surface area contributed by atoms with Crippen LogP contribution < -0.4 is 0 Å². The molecule has 34 heavy (non-hydrogen) atoms. The smallest absolute Gasteiger partial charge is 0.423 e. The van der Waals surface area contributed by atoms with Gasteiger partial charge >= 0.3 is 12.1 Å². The predicted octanol–water partition coefficient (Wildman–Crippen LogP) is 3.32. The zero-order valence-electron chi connectivity index (χ0n) is 18.7. The first-order chi connectivity index (χ1) is 16.1. The average molecular weight is 476 g/mol. The van der Waals surface area contributed by atoms with Gasteiger partial charge in [0.1, 0.15) is 5.69 Å². The third-order valence-corrected chi connectivity index (χ3v) is 5.60. The lowest BCUT2D eigenvalue weighted by molar-refractivity contribution is -0.269. The van der Waals surface area contributed by atoms with Gasteiger partial charge in [-0.05, 0) is 37.1 Å². The lowest BCUT2D eigenvalue weighted by atomic mass is 9.96. The van der Waals surface area contributed by atoms with Gasteiger partial charge in [0.15, 0.2) is 0 Å². The number of pyridine rings is 1. The summed E-state index contributed by atoms with van der Waals surface area (Å²) in [4.78, 5) is 12.6. The van der Waals surface area contributed by atoms with Crippen molar-refractivity contribution in [3.63, 3.8) is 0 Å². The SMILES string of the molecule is CCOC(=O)c1cc2cc(Cn3cc(C(O)(CC)C(F)(F)F)nn3)ccn2c1-c1cnn(C)c1. The van der Waals surface area contributed by atoms with Crippen LogP contribution in [0.2, 0.25) is 0 Å². The zero-order valence-corrected chi connectivity index (χ0v) is 18.7. The highest BCUT2D eigenvalue weighted by atomic mass is 19.4. The van der Waals surface area contributed by atoms with Gasteiger partial charge in [-0.25, -0.2) is 9.48 Å². The summed E-state index contributed by atoms with van der Waals surface area (Å²) in [5.41, 5.74) is -0.520. The third-order valence-electron chi connectivity index (χ3n) is 5.60. The van der Waals surface area contributed by atoms with E-state index in [2.05, 4.69) is 15.4 Å². The molecule has 0 saturated carbocycles. The Labute approximate surface area is 192 Å². The van der Waals surface area contributed by atoms with E-state index in [-0.39, 0.29) is 13.2 Å². The number of carbonyl (C=O) groups is 1. The molecule has 0 radical (unpaired) electrons. The summed E-state index contributed by atoms with van der Waals surface area (Å²) < 4.78 is 49.9. The van der Waals surface area contributed by atoms with Crippen LogP contribution in [0.5, 0.6) is 0 Å². The largest absolute Gasteiger partial charge is 0.462 e. The normalized spacial score (nSPS) is 13.9. The van der Waals surface area contributed by atoms with Crippen molar-refractivity contribution in [1.82, 2.24) is 29.2 Å². The topological polar surface area (TPSA) is 99.5 Å². The highest BCUT2D eigenvalue weighted by Gasteiger charge is 2.55. The highest BCUT2D eigenvalue weighted by Crippen LogP contribution is 2.40. The van der Waals surface area contributed by atoms with Crippen molar-refractivity contribution in [1.29, 1.82) is 0 Å². The van der Waals surface area contributed by atoms with Crippen molar-refractivity contribution in [3.8, 4) is 11.3 Å². The average Bonchev–Trinajstić information content (AvgIpc) is 3.50. The molecule has 1 unspecified atom stereocenters. The van der Waals surface area contributed by atoms with Crippen molar-refractivity contribution in [2.45, 2.75) is 38.6 Å². The number of halogens is 3. The van der Waals surface area contributed by atoms with E-state index in [0.29, 0.717) is 22.3 Å². The van der Waals surface area contributed by atoms with Crippen molar-refractivity contribution in [2.24, 2.45) is 7.05 Å². The second-order valence-corrected chi connectivity index (χ2v) is 7.87. The molecule has 12 heteroatoms. The molecule has 4 rings (SSSR count). The van der Waals surface area contributed by atoms with E-state index in [0.717, 1.165) is 11.8 Å². The molecule has 0 aliphatic carbocycles. The van der Waals surface area contributed by atoms with Crippen LogP contribution in [0.25, 0.3) is 16.8 Å². The molecular weight excluding hydrogens is 453 g/mol. The Balaban J connectivity index is 1.70. The summed E-state index contributed by atoms with van der Waals surface area (Å²) >= 11 is 0. The highest BCUT2D eigenvalue weighted by molar-refractivity contribution is 5.99. The lowest BCUT2D eigenvalue weighted by Gasteiger charge is -2.26. The first-order valence-electron chi connectivity index (χ1n) is 10.6. The van der Waals surface area contributed by atoms with Gasteiger partial charge in [-0.2, -0.15) is 18.3 Å². The van der Waals surface area contributed by atoms with E-state index in [9.17, 15) is 23.1 Å². The van der Waals surface area contributed by atoms with Gasteiger partial charge < -0.3 is 14.2 Å². The van der Waals surface area contributed by atoms with Gasteiger partial charge in [-0.1, -0.05) is 12.1 Å². The molecule has 1 N–H and O–H groups in total. The van der Waals surface area contributed by atoms with Crippen LogP contribution in [-0.4, -0.2) is 53.0 Å². The maximum absolute atomic E-state index is 13.3. The van der Waals surface area contributed by atoms with Crippen LogP contribution in [0.1, 0.15) is 41.9 Å². The first kappa shape index (κ1) is 23.5. The van der Waals surface area contributed by atoms with E-state index in [4.69, 9.17) is 4.74 Å². The predicted molar refractivity (Wildman–Crippen MR) is 115 cm³/mol. The number of alkyl halides is 3. The van der Waals surface area contributed by atoms with Crippen LogP contribution in [0, 0.1) is 0 Å². The molecule has 0 amide bonds. The number of fused-ring (bicyclic) bond motifs is 1. The van der Waals surface area contributed by atoms with Crippen molar-refractivity contribution in [2.75, 3.05) is 6.61 Å². The molecule has 0 saturated heterocycles. The number of rotatable bonds is 7. The third kappa shape index (κ3) is 4.04. The standard InChI is InChI=1S/C22H23F3N6O3/c1-4-21(33,22(23,24)25)18-13-30(28-27-18)11-14-6-7-31-16(8-14)9-17(20(32)34-5-2)19(31)15-10-26-29(3)12-15/h6-10,12-13,33H,4-5,11H2,1-3H3. The zero-order chi connectivity index (χ0) is 24.7. The fourth-order valence-corrected chi connectivity index (χ4v) is 3.80. The Kier molecular flexibility index (Phi) is 5.94. The van der Waals surface area contributed by atoms with Gasteiger partial charge in [0, 0.05) is 30.5 Å². The molecule has 0 fully saturated rings. The second-order valence-electron chi connectivity index (χ2n) is 7.87. The Morgan fingerprint density at radius 1 is 1.21 bits per heavy atom. The molecule has 4 aromatic heterocycles. The second kappa shape index (κ2) is 8.60. The molecule has 0 aliphatic rings. The van der Waals surface area contributed by atoms with E-state index in [1.165, 1.54) is 11.6 Å².